The lowest BCUT2D eigenvalue weighted by atomic mass is 10.5. The van der Waals surface area contributed by atoms with E-state index >= 15 is 0 Å². The Labute approximate surface area is 123 Å². The molecule has 112 valence electrons. The highest BCUT2D eigenvalue weighted by molar-refractivity contribution is 5.76. The number of rotatable bonds is 7. The van der Waals surface area contributed by atoms with Crippen molar-refractivity contribution in [3.63, 3.8) is 0 Å². The first kappa shape index (κ1) is 13.7. The summed E-state index contributed by atoms with van der Waals surface area (Å²) >= 11 is 0. The Morgan fingerprint density at radius 1 is 1.48 bits per heavy atom. The number of nitrogens with one attached hydrogen (secondary N) is 2. The van der Waals surface area contributed by atoms with Gasteiger partial charge in [0.25, 0.3) is 0 Å². The van der Waals surface area contributed by atoms with Crippen molar-refractivity contribution in [3.8, 4) is 0 Å². The van der Waals surface area contributed by atoms with Gasteiger partial charge in [-0.15, -0.1) is 0 Å². The highest BCUT2D eigenvalue weighted by Gasteiger charge is 2.23. The number of carbonyl (C=O) groups excluding carboxylic acids is 1. The molecule has 0 bridgehead atoms. The predicted molar refractivity (Wildman–Crippen MR) is 78.6 cm³/mol. The van der Waals surface area contributed by atoms with Gasteiger partial charge in [-0.2, -0.15) is 5.10 Å². The lowest BCUT2D eigenvalue weighted by molar-refractivity contribution is -0.122. The number of aryl methyl sites for hydroxylation is 1. The van der Waals surface area contributed by atoms with Gasteiger partial charge in [0.1, 0.15) is 12.4 Å². The summed E-state index contributed by atoms with van der Waals surface area (Å²) in [5.41, 5.74) is 0.889. The van der Waals surface area contributed by atoms with Crippen LogP contribution >= 0.6 is 0 Å². The van der Waals surface area contributed by atoms with Crippen molar-refractivity contribution in [3.05, 3.63) is 30.6 Å². The van der Waals surface area contributed by atoms with Crippen LogP contribution in [-0.2, 0) is 24.4 Å². The topological polar surface area (TPSA) is 76.8 Å². The summed E-state index contributed by atoms with van der Waals surface area (Å²) in [6.45, 7) is 3.89. The van der Waals surface area contributed by atoms with E-state index in [0.29, 0.717) is 12.6 Å². The molecule has 7 heteroatoms. The van der Waals surface area contributed by atoms with Gasteiger partial charge in [-0.3, -0.25) is 9.48 Å². The first-order valence-corrected chi connectivity index (χ1v) is 7.30. The molecule has 0 aromatic carbocycles. The number of hydrogen-bond acceptors (Lipinski definition) is 4. The molecule has 0 aliphatic heterocycles. The Morgan fingerprint density at radius 3 is 3.10 bits per heavy atom. The molecule has 2 N–H and O–H groups in total. The average molecular weight is 288 g/mol. The molecule has 1 aliphatic rings. The zero-order chi connectivity index (χ0) is 14.7. The van der Waals surface area contributed by atoms with Gasteiger partial charge in [0.15, 0.2) is 0 Å². The normalized spacial score (nSPS) is 14.1. The maximum atomic E-state index is 11.7. The first-order chi connectivity index (χ1) is 10.2. The van der Waals surface area contributed by atoms with Gasteiger partial charge in [-0.25, -0.2) is 4.98 Å². The zero-order valence-corrected chi connectivity index (χ0v) is 12.1. The Balaban J connectivity index is 1.51. The number of nitrogens with zero attached hydrogens (tertiary/aromatic N) is 4. The second kappa shape index (κ2) is 5.99. The highest BCUT2D eigenvalue weighted by Crippen LogP contribution is 2.18. The molecular formula is C14H20N6O. The summed E-state index contributed by atoms with van der Waals surface area (Å²) in [7, 11) is 0. The third-order valence-corrected chi connectivity index (χ3v) is 3.47. The second-order valence-electron chi connectivity index (χ2n) is 5.25. The molecule has 0 atom stereocenters. The third-order valence-electron chi connectivity index (χ3n) is 3.47. The molecule has 21 heavy (non-hydrogen) atoms. The van der Waals surface area contributed by atoms with Crippen LogP contribution in [0.3, 0.4) is 0 Å². The summed E-state index contributed by atoms with van der Waals surface area (Å²) in [6, 6.07) is 0.388. The van der Waals surface area contributed by atoms with Crippen LogP contribution in [0, 0.1) is 0 Å². The maximum Gasteiger partial charge on any atom is 0.241 e. The fourth-order valence-electron chi connectivity index (χ4n) is 2.17. The average Bonchev–Trinajstić information content (AvgIpc) is 3.00. The molecule has 2 aromatic rings. The van der Waals surface area contributed by atoms with Gasteiger partial charge >= 0.3 is 0 Å². The van der Waals surface area contributed by atoms with Crippen LogP contribution in [0.1, 0.15) is 25.6 Å². The van der Waals surface area contributed by atoms with E-state index < -0.39 is 0 Å². The predicted octanol–water partition coefficient (Wildman–Crippen LogP) is 0.990. The SMILES string of the molecule is CCn1ccnc1CNc1cnn(CC(=O)NC2CC2)c1. The van der Waals surface area contributed by atoms with Crippen molar-refractivity contribution in [2.24, 2.45) is 0 Å². The quantitative estimate of drug-likeness (QED) is 0.796. The molecule has 7 nitrogen and oxygen atoms in total. The van der Waals surface area contributed by atoms with Crippen LogP contribution in [0.4, 0.5) is 5.69 Å². The molecule has 1 fully saturated rings. The Kier molecular flexibility index (Phi) is 3.89. The van der Waals surface area contributed by atoms with Crippen LogP contribution in [0.2, 0.25) is 0 Å². The summed E-state index contributed by atoms with van der Waals surface area (Å²) in [5.74, 6) is 1.01. The fourth-order valence-corrected chi connectivity index (χ4v) is 2.17. The summed E-state index contributed by atoms with van der Waals surface area (Å²) in [5, 5.41) is 10.4. The first-order valence-electron chi connectivity index (χ1n) is 7.30. The molecular weight excluding hydrogens is 268 g/mol. The smallest absolute Gasteiger partial charge is 0.241 e. The van der Waals surface area contributed by atoms with Crippen LogP contribution in [-0.4, -0.2) is 31.3 Å². The molecule has 1 saturated carbocycles. The molecule has 2 aromatic heterocycles. The zero-order valence-electron chi connectivity index (χ0n) is 12.1. The van der Waals surface area contributed by atoms with Crippen LogP contribution in [0.25, 0.3) is 0 Å². The van der Waals surface area contributed by atoms with Gasteiger partial charge in [-0.05, 0) is 19.8 Å². The molecule has 1 amide bonds. The lowest BCUT2D eigenvalue weighted by Gasteiger charge is -2.06. The van der Waals surface area contributed by atoms with Crippen LogP contribution in [0.15, 0.2) is 24.8 Å². The van der Waals surface area contributed by atoms with Crippen molar-refractivity contribution >= 4 is 11.6 Å². The monoisotopic (exact) mass is 288 g/mol. The van der Waals surface area contributed by atoms with E-state index in [2.05, 4.69) is 32.2 Å². The van der Waals surface area contributed by atoms with E-state index in [1.54, 1.807) is 17.1 Å². The number of amides is 1. The van der Waals surface area contributed by atoms with Gasteiger partial charge in [0.05, 0.1) is 18.4 Å². The van der Waals surface area contributed by atoms with Gasteiger partial charge < -0.3 is 15.2 Å². The van der Waals surface area contributed by atoms with Crippen molar-refractivity contribution in [2.75, 3.05) is 5.32 Å². The maximum absolute atomic E-state index is 11.7. The Bertz CT molecular complexity index is 613. The van der Waals surface area contributed by atoms with E-state index in [1.807, 2.05) is 12.4 Å². The summed E-state index contributed by atoms with van der Waals surface area (Å²) < 4.78 is 3.73. The number of carbonyl (C=O) groups is 1. The minimum atomic E-state index is 0.0219. The van der Waals surface area contributed by atoms with Gasteiger partial charge in [-0.1, -0.05) is 0 Å². The van der Waals surface area contributed by atoms with E-state index in [-0.39, 0.29) is 12.5 Å². The minimum Gasteiger partial charge on any atom is -0.375 e. The van der Waals surface area contributed by atoms with Crippen molar-refractivity contribution < 1.29 is 4.79 Å². The molecule has 1 aliphatic carbocycles. The molecule has 0 radical (unpaired) electrons. The van der Waals surface area contributed by atoms with Gasteiger partial charge in [0.2, 0.25) is 5.91 Å². The molecule has 0 unspecified atom stereocenters. The molecule has 3 rings (SSSR count). The van der Waals surface area contributed by atoms with Gasteiger partial charge in [0, 0.05) is 31.2 Å². The van der Waals surface area contributed by atoms with Crippen LogP contribution in [0.5, 0.6) is 0 Å². The van der Waals surface area contributed by atoms with E-state index in [9.17, 15) is 4.79 Å². The van der Waals surface area contributed by atoms with Crippen molar-refractivity contribution in [1.29, 1.82) is 0 Å². The standard InChI is InChI=1S/C14H20N6O/c1-2-19-6-5-15-13(19)8-16-12-7-17-20(9-12)10-14(21)18-11-3-4-11/h5-7,9,11,16H,2-4,8,10H2,1H3,(H,18,21). The highest BCUT2D eigenvalue weighted by atomic mass is 16.2. The number of anilines is 1. The number of hydrogen-bond donors (Lipinski definition) is 2. The van der Waals surface area contributed by atoms with E-state index in [1.165, 1.54) is 0 Å². The van der Waals surface area contributed by atoms with E-state index in [0.717, 1.165) is 30.9 Å². The van der Waals surface area contributed by atoms with Crippen molar-refractivity contribution in [2.45, 2.75) is 45.4 Å². The lowest BCUT2D eigenvalue weighted by Crippen LogP contribution is -2.29. The Hall–Kier alpha value is -2.31. The largest absolute Gasteiger partial charge is 0.375 e. The fraction of sp³-hybridized carbons (Fsp3) is 0.500. The van der Waals surface area contributed by atoms with Crippen molar-refractivity contribution in [1.82, 2.24) is 24.6 Å². The molecule has 2 heterocycles. The van der Waals surface area contributed by atoms with Crippen LogP contribution < -0.4 is 10.6 Å². The molecule has 0 saturated heterocycles. The summed E-state index contributed by atoms with van der Waals surface area (Å²) in [6.07, 6.45) is 9.52. The number of imidazole rings is 1. The van der Waals surface area contributed by atoms with E-state index in [4.69, 9.17) is 0 Å². The molecule has 0 spiro atoms. The third kappa shape index (κ3) is 3.62. The summed E-state index contributed by atoms with van der Waals surface area (Å²) in [4.78, 5) is 16.0. The number of aromatic nitrogens is 4. The second-order valence-corrected chi connectivity index (χ2v) is 5.25. The minimum absolute atomic E-state index is 0.0219. The Morgan fingerprint density at radius 2 is 2.33 bits per heavy atom.